The maximum atomic E-state index is 12.1. The Kier molecular flexibility index (Phi) is 5.14. The van der Waals surface area contributed by atoms with E-state index in [2.05, 4.69) is 28.5 Å². The lowest BCUT2D eigenvalue weighted by Gasteiger charge is -2.04. The quantitative estimate of drug-likeness (QED) is 0.747. The smallest absolute Gasteiger partial charge is 0.322 e. The van der Waals surface area contributed by atoms with Crippen LogP contribution in [0.1, 0.15) is 28.1 Å². The molecule has 0 saturated heterocycles. The van der Waals surface area contributed by atoms with Crippen LogP contribution in [0.5, 0.6) is 0 Å². The summed E-state index contributed by atoms with van der Waals surface area (Å²) in [7, 11) is 0. The summed E-state index contributed by atoms with van der Waals surface area (Å²) in [5, 5.41) is 11.0. The Bertz CT molecular complexity index is 905. The van der Waals surface area contributed by atoms with E-state index < -0.39 is 0 Å². The first kappa shape index (κ1) is 17.2. The Labute approximate surface area is 151 Å². The second kappa shape index (κ2) is 7.49. The van der Waals surface area contributed by atoms with E-state index >= 15 is 0 Å². The minimum atomic E-state index is -0.255. The average Bonchev–Trinajstić information content (AvgIpc) is 2.99. The molecule has 0 unspecified atom stereocenters. The lowest BCUT2D eigenvalue weighted by molar-refractivity contribution is -0.115. The minimum absolute atomic E-state index is 0.0943. The third-order valence-corrected chi connectivity index (χ3v) is 4.23. The molecule has 2 aromatic carbocycles. The molecule has 5 nitrogen and oxygen atoms in total. The predicted octanol–water partition coefficient (Wildman–Crippen LogP) is 4.11. The van der Waals surface area contributed by atoms with Gasteiger partial charge in [-0.3, -0.25) is 10.1 Å². The molecule has 0 saturated carbocycles. The van der Waals surface area contributed by atoms with Gasteiger partial charge in [-0.1, -0.05) is 58.7 Å². The number of hydrogen-bond acceptors (Lipinski definition) is 4. The lowest BCUT2D eigenvalue weighted by Crippen LogP contribution is -2.14. The predicted molar refractivity (Wildman–Crippen MR) is 96.8 cm³/mol. The summed E-state index contributed by atoms with van der Waals surface area (Å²) in [5.74, 6) is 0.204. The molecule has 25 heavy (non-hydrogen) atoms. The van der Waals surface area contributed by atoms with Gasteiger partial charge in [0.05, 0.1) is 12.8 Å². The molecule has 0 bridgehead atoms. The fraction of sp³-hybridized carbons (Fsp3) is 0.211. The lowest BCUT2D eigenvalue weighted by atomic mass is 10.0. The Hall–Kier alpha value is -2.66. The van der Waals surface area contributed by atoms with Gasteiger partial charge in [0, 0.05) is 5.02 Å². The molecular weight excluding hydrogens is 338 g/mol. The summed E-state index contributed by atoms with van der Waals surface area (Å²) in [5.41, 5.74) is 4.24. The van der Waals surface area contributed by atoms with Crippen molar-refractivity contribution in [2.24, 2.45) is 0 Å². The molecule has 3 aromatic rings. The molecule has 6 heteroatoms. The van der Waals surface area contributed by atoms with Gasteiger partial charge in [-0.2, -0.15) is 0 Å². The van der Waals surface area contributed by atoms with E-state index in [-0.39, 0.29) is 18.3 Å². The molecule has 0 radical (unpaired) electrons. The first-order chi connectivity index (χ1) is 12.0. The summed E-state index contributed by atoms with van der Waals surface area (Å²) in [6.07, 6.45) is 0.675. The number of rotatable bonds is 5. The Morgan fingerprint density at radius 1 is 1.12 bits per heavy atom. The molecule has 0 aliphatic rings. The number of halogens is 1. The largest absolute Gasteiger partial charge is 0.407 e. The van der Waals surface area contributed by atoms with Crippen LogP contribution in [-0.4, -0.2) is 16.1 Å². The van der Waals surface area contributed by atoms with Crippen LogP contribution in [0, 0.1) is 13.8 Å². The van der Waals surface area contributed by atoms with Crippen LogP contribution < -0.4 is 5.32 Å². The van der Waals surface area contributed by atoms with Gasteiger partial charge in [0.1, 0.15) is 0 Å². The summed E-state index contributed by atoms with van der Waals surface area (Å²) in [6, 6.07) is 13.5. The van der Waals surface area contributed by atoms with Crippen LogP contribution in [0.3, 0.4) is 0 Å². The number of carbonyl (C=O) groups is 1. The van der Waals surface area contributed by atoms with Crippen LogP contribution in [0.15, 0.2) is 46.9 Å². The van der Waals surface area contributed by atoms with E-state index in [1.807, 2.05) is 31.2 Å². The van der Waals surface area contributed by atoms with Crippen molar-refractivity contribution in [1.29, 1.82) is 0 Å². The van der Waals surface area contributed by atoms with E-state index in [0.717, 1.165) is 11.1 Å². The molecule has 1 amide bonds. The number of nitrogens with one attached hydrogen (secondary N) is 1. The van der Waals surface area contributed by atoms with Gasteiger partial charge < -0.3 is 4.42 Å². The van der Waals surface area contributed by atoms with E-state index in [1.165, 1.54) is 11.1 Å². The number of nitrogens with zero attached hydrogens (tertiary/aromatic N) is 2. The molecule has 0 spiro atoms. The second-order valence-corrected chi connectivity index (χ2v) is 6.33. The molecule has 1 heterocycles. The number of carbonyl (C=O) groups excluding carboxylic acids is 1. The Morgan fingerprint density at radius 2 is 1.92 bits per heavy atom. The molecular formula is C19H18ClN3O2. The standard InChI is InChI=1S/C19H18ClN3O2/c1-12-7-8-14(13(2)9-12)11-18-22-23-19(25-18)21-17(24)10-15-5-3-4-6-16(15)20/h3-9H,10-11H2,1-2H3,(H,21,23,24). The molecule has 0 fully saturated rings. The maximum absolute atomic E-state index is 12.1. The normalized spacial score (nSPS) is 10.7. The average molecular weight is 356 g/mol. The van der Waals surface area contributed by atoms with Crippen molar-refractivity contribution in [3.05, 3.63) is 75.6 Å². The number of aromatic nitrogens is 2. The summed E-state index contributed by atoms with van der Waals surface area (Å²) in [4.78, 5) is 12.1. The molecule has 0 atom stereocenters. The fourth-order valence-electron chi connectivity index (χ4n) is 2.56. The molecule has 1 N–H and O–H groups in total. The van der Waals surface area contributed by atoms with Gasteiger partial charge in [-0.15, -0.1) is 5.10 Å². The zero-order valence-corrected chi connectivity index (χ0v) is 14.8. The van der Waals surface area contributed by atoms with Crippen LogP contribution in [0.25, 0.3) is 0 Å². The van der Waals surface area contributed by atoms with Crippen LogP contribution >= 0.6 is 11.6 Å². The molecule has 1 aromatic heterocycles. The number of hydrogen-bond donors (Lipinski definition) is 1. The van der Waals surface area contributed by atoms with Gasteiger partial charge >= 0.3 is 6.01 Å². The summed E-state index contributed by atoms with van der Waals surface area (Å²) < 4.78 is 5.52. The SMILES string of the molecule is Cc1ccc(Cc2nnc(NC(=O)Cc3ccccc3Cl)o2)c(C)c1. The topological polar surface area (TPSA) is 68.0 Å². The third-order valence-electron chi connectivity index (χ3n) is 3.86. The van der Waals surface area contributed by atoms with E-state index in [9.17, 15) is 4.79 Å². The van der Waals surface area contributed by atoms with Crippen LogP contribution in [-0.2, 0) is 17.6 Å². The fourth-order valence-corrected chi connectivity index (χ4v) is 2.76. The molecule has 0 aliphatic carbocycles. The number of benzene rings is 2. The van der Waals surface area contributed by atoms with Gasteiger partial charge in [-0.25, -0.2) is 0 Å². The molecule has 128 valence electrons. The first-order valence-corrected chi connectivity index (χ1v) is 8.31. The van der Waals surface area contributed by atoms with Gasteiger partial charge in [0.2, 0.25) is 11.8 Å². The highest BCUT2D eigenvalue weighted by Crippen LogP contribution is 2.18. The van der Waals surface area contributed by atoms with Crippen molar-refractivity contribution in [2.45, 2.75) is 26.7 Å². The van der Waals surface area contributed by atoms with Crippen molar-refractivity contribution >= 4 is 23.5 Å². The Balaban J connectivity index is 1.63. The van der Waals surface area contributed by atoms with E-state index in [0.29, 0.717) is 17.3 Å². The third kappa shape index (κ3) is 4.45. The van der Waals surface area contributed by atoms with Crippen molar-refractivity contribution in [2.75, 3.05) is 5.32 Å². The van der Waals surface area contributed by atoms with Crippen molar-refractivity contribution < 1.29 is 9.21 Å². The van der Waals surface area contributed by atoms with E-state index in [4.69, 9.17) is 16.0 Å². The second-order valence-electron chi connectivity index (χ2n) is 5.92. The zero-order valence-electron chi connectivity index (χ0n) is 14.0. The van der Waals surface area contributed by atoms with Crippen molar-refractivity contribution in [3.63, 3.8) is 0 Å². The van der Waals surface area contributed by atoms with Crippen molar-refractivity contribution in [1.82, 2.24) is 10.2 Å². The highest BCUT2D eigenvalue weighted by molar-refractivity contribution is 6.31. The van der Waals surface area contributed by atoms with Crippen molar-refractivity contribution in [3.8, 4) is 0 Å². The molecule has 0 aliphatic heterocycles. The van der Waals surface area contributed by atoms with Crippen LogP contribution in [0.2, 0.25) is 5.02 Å². The summed E-state index contributed by atoms with van der Waals surface area (Å²) in [6.45, 7) is 4.10. The number of amides is 1. The summed E-state index contributed by atoms with van der Waals surface area (Å²) >= 11 is 6.06. The highest BCUT2D eigenvalue weighted by atomic mass is 35.5. The zero-order chi connectivity index (χ0) is 17.8. The van der Waals surface area contributed by atoms with Gasteiger partial charge in [0.15, 0.2) is 0 Å². The van der Waals surface area contributed by atoms with Gasteiger partial charge in [-0.05, 0) is 36.6 Å². The monoisotopic (exact) mass is 355 g/mol. The number of anilines is 1. The Morgan fingerprint density at radius 3 is 2.68 bits per heavy atom. The van der Waals surface area contributed by atoms with E-state index in [1.54, 1.807) is 12.1 Å². The molecule has 3 rings (SSSR count). The first-order valence-electron chi connectivity index (χ1n) is 7.93. The minimum Gasteiger partial charge on any atom is -0.407 e. The van der Waals surface area contributed by atoms with Gasteiger partial charge in [0.25, 0.3) is 0 Å². The van der Waals surface area contributed by atoms with Crippen LogP contribution in [0.4, 0.5) is 6.01 Å². The highest BCUT2D eigenvalue weighted by Gasteiger charge is 2.13. The number of aryl methyl sites for hydroxylation is 2. The maximum Gasteiger partial charge on any atom is 0.322 e.